The Bertz CT molecular complexity index is 3250. The number of anilines is 2. The number of nitrogens with two attached hydrogens (primary N) is 1. The first-order valence-electron chi connectivity index (χ1n) is 17.9. The van der Waals surface area contributed by atoms with Crippen LogP contribution in [0.3, 0.4) is 0 Å². The minimum Gasteiger partial charge on any atom is -0.478 e. The highest BCUT2D eigenvalue weighted by Crippen LogP contribution is 2.47. The van der Waals surface area contributed by atoms with Gasteiger partial charge in [0.15, 0.2) is 21.1 Å². The van der Waals surface area contributed by atoms with Crippen molar-refractivity contribution in [1.82, 2.24) is 20.2 Å². The molecule has 0 fully saturated rings. The summed E-state index contributed by atoms with van der Waals surface area (Å²) < 4.78 is 120. The molecule has 0 saturated carbocycles. The number of carboxylic acid groups (broad SMARTS) is 1. The van der Waals surface area contributed by atoms with Gasteiger partial charge in [0.1, 0.15) is 0 Å². The highest BCUT2D eigenvalue weighted by molar-refractivity contribution is 7.86. The van der Waals surface area contributed by atoms with Crippen LogP contribution in [0.25, 0.3) is 44.5 Å². The first-order chi connectivity index (χ1) is 29.4. The number of hydrogen-bond donors (Lipinski definition) is 8. The Morgan fingerprint density at radius 3 is 2.25 bits per heavy atom. The van der Waals surface area contributed by atoms with E-state index in [1.165, 1.54) is 18.2 Å². The molecule has 19 nitrogen and oxygen atoms in total. The van der Waals surface area contributed by atoms with Crippen molar-refractivity contribution in [3.63, 3.8) is 0 Å². The summed E-state index contributed by atoms with van der Waals surface area (Å²) in [6, 6.07) is 9.90. The third kappa shape index (κ3) is 7.78. The maximum atomic E-state index is 14.7. The molecular weight excluding hydrogens is 926 g/mol. The number of imidazole rings is 1. The smallest absolute Gasteiger partial charge is 0.440 e. The van der Waals surface area contributed by atoms with E-state index in [1.54, 1.807) is 0 Å². The van der Waals surface area contributed by atoms with Crippen LogP contribution in [-0.2, 0) is 35.5 Å². The van der Waals surface area contributed by atoms with E-state index in [0.717, 1.165) is 36.4 Å². The van der Waals surface area contributed by atoms with Gasteiger partial charge in [-0.2, -0.15) is 30.0 Å². The molecule has 26 heteroatoms. The molecule has 3 aliphatic rings. The molecule has 3 aromatic carbocycles. The van der Waals surface area contributed by atoms with Gasteiger partial charge < -0.3 is 25.9 Å². The van der Waals surface area contributed by atoms with E-state index >= 15 is 0 Å². The lowest BCUT2D eigenvalue weighted by Crippen LogP contribution is -2.63. The van der Waals surface area contributed by atoms with Gasteiger partial charge >= 0.3 is 12.1 Å². The molecular formula is C37H28Cl2F3N7O12S2. The van der Waals surface area contributed by atoms with Crippen molar-refractivity contribution in [2.75, 3.05) is 17.6 Å². The Morgan fingerprint density at radius 2 is 1.60 bits per heavy atom. The van der Waals surface area contributed by atoms with E-state index in [0.29, 0.717) is 4.57 Å². The van der Waals surface area contributed by atoms with Crippen LogP contribution in [0.2, 0.25) is 10.0 Å². The van der Waals surface area contributed by atoms with Gasteiger partial charge in [-0.3, -0.25) is 38.8 Å². The van der Waals surface area contributed by atoms with Gasteiger partial charge in [0.2, 0.25) is 11.9 Å². The zero-order chi connectivity index (χ0) is 46.1. The molecule has 63 heavy (non-hydrogen) atoms. The van der Waals surface area contributed by atoms with Crippen molar-refractivity contribution in [2.24, 2.45) is 0 Å². The zero-order valence-electron chi connectivity index (χ0n) is 31.4. The summed E-state index contributed by atoms with van der Waals surface area (Å²) in [4.78, 5) is 53.5. The third-order valence-electron chi connectivity index (χ3n) is 9.98. The van der Waals surface area contributed by atoms with E-state index in [1.807, 2.05) is 10.6 Å². The van der Waals surface area contributed by atoms with Crippen LogP contribution in [0.5, 0.6) is 0 Å². The molecule has 4 aromatic rings. The van der Waals surface area contributed by atoms with E-state index in [-0.39, 0.29) is 74.5 Å². The highest BCUT2D eigenvalue weighted by atomic mass is 35.5. The Kier molecular flexibility index (Phi) is 11.2. The van der Waals surface area contributed by atoms with Crippen LogP contribution in [0.4, 0.5) is 24.8 Å². The Labute approximate surface area is 361 Å². The van der Waals surface area contributed by atoms with Crippen LogP contribution in [0, 0.1) is 5.41 Å². The lowest BCUT2D eigenvalue weighted by atomic mass is 9.89. The van der Waals surface area contributed by atoms with Gasteiger partial charge in [0.25, 0.3) is 37.7 Å². The first kappa shape index (κ1) is 44.7. The highest BCUT2D eigenvalue weighted by Gasteiger charge is 2.67. The van der Waals surface area contributed by atoms with Crippen molar-refractivity contribution in [1.29, 1.82) is 5.41 Å². The summed E-state index contributed by atoms with van der Waals surface area (Å²) in [6.45, 7) is -0.0592. The van der Waals surface area contributed by atoms with Crippen molar-refractivity contribution in [2.45, 2.75) is 47.3 Å². The molecule has 9 N–H and O–H groups in total. The number of nitrogen functional groups attached to an aromatic ring is 1. The maximum Gasteiger partial charge on any atom is 0.440 e. The van der Waals surface area contributed by atoms with Crippen molar-refractivity contribution in [3.05, 3.63) is 81.1 Å². The Balaban J connectivity index is 1.09. The molecule has 1 aliphatic carbocycles. The summed E-state index contributed by atoms with van der Waals surface area (Å²) in [5.41, 5.74) is -0.768. The summed E-state index contributed by atoms with van der Waals surface area (Å²) >= 11 is 12.0. The fourth-order valence-corrected chi connectivity index (χ4v) is 9.06. The molecule has 0 spiro atoms. The van der Waals surface area contributed by atoms with Crippen LogP contribution >= 0.6 is 23.2 Å². The second kappa shape index (κ2) is 15.8. The molecule has 1 aromatic heterocycles. The summed E-state index contributed by atoms with van der Waals surface area (Å²) in [5.74, 6) is -6.44. The molecule has 330 valence electrons. The number of aromatic carboxylic acids is 1. The molecule has 1 atom stereocenters. The number of carbonyl (C=O) groups excluding carboxylic acids is 3. The average Bonchev–Trinajstić information content (AvgIpc) is 3.65. The molecule has 0 bridgehead atoms. The molecule has 3 amide bonds. The number of hydrogen-bond acceptors (Lipinski definition) is 12. The van der Waals surface area contributed by atoms with Gasteiger partial charge in [0.05, 0.1) is 37.7 Å². The first-order valence-corrected chi connectivity index (χ1v) is 21.5. The lowest BCUT2D eigenvalue weighted by molar-refractivity contribution is -0.217. The zero-order valence-corrected chi connectivity index (χ0v) is 34.6. The number of carboxylic acids is 1. The second-order valence-electron chi connectivity index (χ2n) is 14.0. The van der Waals surface area contributed by atoms with Gasteiger partial charge in [-0.1, -0.05) is 35.7 Å². The third-order valence-corrected chi connectivity index (χ3v) is 12.6. The van der Waals surface area contributed by atoms with Crippen LogP contribution < -0.4 is 27.0 Å². The van der Waals surface area contributed by atoms with Gasteiger partial charge in [-0.05, 0) is 66.9 Å². The molecule has 0 saturated heterocycles. The number of nitrogens with one attached hydrogen (secondary N) is 4. The van der Waals surface area contributed by atoms with Gasteiger partial charge in [-0.25, -0.2) is 9.78 Å². The number of halogens is 5. The van der Waals surface area contributed by atoms with Crippen molar-refractivity contribution in [3.8, 4) is 22.5 Å². The molecule has 1 unspecified atom stereocenters. The normalized spacial score (nSPS) is 15.4. The van der Waals surface area contributed by atoms with Crippen molar-refractivity contribution >= 4 is 101 Å². The lowest BCUT2D eigenvalue weighted by Gasteiger charge is -2.32. The fourth-order valence-electron chi connectivity index (χ4n) is 7.26. The average molecular weight is 955 g/mol. The van der Waals surface area contributed by atoms with Crippen molar-refractivity contribution < 1.29 is 67.8 Å². The number of aromatic nitrogens is 2. The number of nitrogens with zero attached hydrogens (tertiary/aromatic N) is 2. The number of unbranched alkanes of at least 4 members (excludes halogenated alkanes) is 2. The monoisotopic (exact) mass is 953 g/mol. The largest absolute Gasteiger partial charge is 0.478 e. The van der Waals surface area contributed by atoms with E-state index in [2.05, 4.69) is 10.3 Å². The predicted octanol–water partition coefficient (Wildman–Crippen LogP) is 5.39. The quantitative estimate of drug-likeness (QED) is 0.0330. The number of rotatable bonds is 12. The summed E-state index contributed by atoms with van der Waals surface area (Å²) in [6.07, 6.45) is -5.44. The maximum absolute atomic E-state index is 14.7. The van der Waals surface area contributed by atoms with E-state index < -0.39 is 106 Å². The predicted molar refractivity (Wildman–Crippen MR) is 216 cm³/mol. The topological polar surface area (TPSA) is 314 Å². The minimum absolute atomic E-state index is 0.00512. The number of carbonyl (C=O) groups is 4. The fraction of sp³-hybridized carbons (Fsp3) is 0.189. The van der Waals surface area contributed by atoms with Crippen LogP contribution in [-0.4, -0.2) is 77.0 Å². The second-order valence-corrected chi connectivity index (χ2v) is 17.5. The molecule has 3 heterocycles. The van der Waals surface area contributed by atoms with Crippen LogP contribution in [0.1, 0.15) is 46.4 Å². The summed E-state index contributed by atoms with van der Waals surface area (Å²) in [7, 11) is -10.5. The van der Waals surface area contributed by atoms with Gasteiger partial charge in [-0.15, -0.1) is 0 Å². The van der Waals surface area contributed by atoms with E-state index in [4.69, 9.17) is 38.8 Å². The number of benzene rings is 4. The van der Waals surface area contributed by atoms with E-state index in [9.17, 15) is 63.4 Å². The van der Waals surface area contributed by atoms with Crippen LogP contribution in [0.15, 0.2) is 68.8 Å². The number of fused-ring (bicyclic) bond motifs is 5. The molecule has 0 radical (unpaired) electrons. The minimum atomic E-state index is -5.35. The number of amides is 3. The standard InChI is InChI=1S/C37H28Cl2F3N7O12S2/c38-20-13-24-25(14-21(20)39)49-35(46-24)47-34(54)36(49,37(40,41)42)48-26(50)4-2-1-3-11-45-32(51)15-5-6-16(19(12-15)33(52)53)27-17-7-9-22(43)30(62(55,56)57)28(17)61-29-18(27)8-10-23(44)31(29)63(58,59)60/h5-10,12-14,43H,1-4,11,44H2,(H,45,51)(H,48,50)(H,52,53)(H,46,47,54)(H,55,56,57)(H,58,59,60). The SMILES string of the molecule is N=c1ccc2c(-c3ccc(C(=O)NCCCCCC(=O)NC4(C(F)(F)F)C(=O)Nc5nc6cc(Cl)c(Cl)cc6n54)cc3C(=O)O)c3ccc(N)c(S(=O)(=O)O)c3oc-2c1S(=O)(=O)O. The Morgan fingerprint density at radius 1 is 0.937 bits per heavy atom. The molecule has 7 rings (SSSR count). The molecule has 2 aliphatic heterocycles. The Hall–Kier alpha value is -6.31. The van der Waals surface area contributed by atoms with Gasteiger partial charge in [0, 0.05) is 35.0 Å². The number of alkyl halides is 3. The summed E-state index contributed by atoms with van der Waals surface area (Å²) in [5, 5.41) is 23.7.